The van der Waals surface area contributed by atoms with Crippen LogP contribution in [0.5, 0.6) is 0 Å². The van der Waals surface area contributed by atoms with E-state index in [1.54, 1.807) is 0 Å². The van der Waals surface area contributed by atoms with Crippen LogP contribution in [0.4, 0.5) is 0 Å². The summed E-state index contributed by atoms with van der Waals surface area (Å²) in [5.74, 6) is -0.604. The maximum Gasteiger partial charge on any atom is 0.246 e. The van der Waals surface area contributed by atoms with E-state index in [0.29, 0.717) is 6.42 Å². The van der Waals surface area contributed by atoms with Gasteiger partial charge in [0.2, 0.25) is 5.91 Å². The van der Waals surface area contributed by atoms with Gasteiger partial charge in [0.15, 0.2) is 0 Å². The molecule has 101 valence electrons. The largest absolute Gasteiger partial charge is 0.383 e. The zero-order chi connectivity index (χ0) is 12.9. The van der Waals surface area contributed by atoms with Crippen LogP contribution in [0.25, 0.3) is 0 Å². The maximum absolute atomic E-state index is 10.6. The Bertz CT molecular complexity index is 183. The minimum absolute atomic E-state index is 0.506. The van der Waals surface area contributed by atoms with Gasteiger partial charge < -0.3 is 10.8 Å². The molecule has 0 fully saturated rings. The average molecular weight is 242 g/mol. The van der Waals surface area contributed by atoms with Gasteiger partial charge in [0.1, 0.15) is 6.10 Å². The first-order chi connectivity index (χ1) is 8.18. The molecular weight excluding hydrogens is 214 g/mol. The van der Waals surface area contributed by atoms with Crippen molar-refractivity contribution in [3.05, 3.63) is 6.42 Å². The highest BCUT2D eigenvalue weighted by molar-refractivity contribution is 5.78. The second-order valence-corrected chi connectivity index (χ2v) is 4.69. The Balaban J connectivity index is 3.06. The summed E-state index contributed by atoms with van der Waals surface area (Å²) in [6.45, 7) is 2.23. The summed E-state index contributed by atoms with van der Waals surface area (Å²) in [7, 11) is 0. The normalized spacial score (nSPS) is 12.6. The van der Waals surface area contributed by atoms with Crippen molar-refractivity contribution in [1.82, 2.24) is 0 Å². The Labute approximate surface area is 106 Å². The molecular formula is C14H28NO2. The van der Waals surface area contributed by atoms with Crippen molar-refractivity contribution >= 4 is 5.91 Å². The van der Waals surface area contributed by atoms with E-state index < -0.39 is 12.0 Å². The lowest BCUT2D eigenvalue weighted by molar-refractivity contribution is -0.126. The van der Waals surface area contributed by atoms with Crippen molar-refractivity contribution in [2.24, 2.45) is 5.73 Å². The topological polar surface area (TPSA) is 63.3 Å². The SMILES string of the molecule is CCCCCC[CH]CCCCCC(O)C(N)=O. The molecule has 1 atom stereocenters. The molecule has 0 saturated carbocycles. The molecule has 3 heteroatoms. The number of carbonyl (C=O) groups is 1. The molecule has 0 bridgehead atoms. The lowest BCUT2D eigenvalue weighted by atomic mass is 10.0. The molecule has 1 radical (unpaired) electrons. The van der Waals surface area contributed by atoms with Crippen LogP contribution in [0.3, 0.4) is 0 Å². The van der Waals surface area contributed by atoms with Crippen LogP contribution in [0.2, 0.25) is 0 Å². The fourth-order valence-corrected chi connectivity index (χ4v) is 1.81. The van der Waals surface area contributed by atoms with Crippen LogP contribution in [-0.4, -0.2) is 17.1 Å². The molecule has 0 aliphatic heterocycles. The highest BCUT2D eigenvalue weighted by atomic mass is 16.3. The van der Waals surface area contributed by atoms with Crippen LogP contribution in [0, 0.1) is 6.42 Å². The van der Waals surface area contributed by atoms with Gasteiger partial charge in [-0.15, -0.1) is 0 Å². The summed E-state index contributed by atoms with van der Waals surface area (Å²) >= 11 is 0. The molecule has 3 nitrogen and oxygen atoms in total. The smallest absolute Gasteiger partial charge is 0.246 e. The van der Waals surface area contributed by atoms with Crippen LogP contribution in [0.15, 0.2) is 0 Å². The number of aliphatic hydroxyl groups excluding tert-OH is 1. The monoisotopic (exact) mass is 242 g/mol. The summed E-state index contributed by atoms with van der Waals surface area (Å²) in [6.07, 6.45) is 12.7. The molecule has 0 saturated heterocycles. The highest BCUT2D eigenvalue weighted by Gasteiger charge is 2.08. The summed E-state index contributed by atoms with van der Waals surface area (Å²) in [5.41, 5.74) is 4.96. The van der Waals surface area contributed by atoms with Crippen LogP contribution in [-0.2, 0) is 4.79 Å². The van der Waals surface area contributed by atoms with Gasteiger partial charge in [-0.25, -0.2) is 0 Å². The summed E-state index contributed by atoms with van der Waals surface area (Å²) < 4.78 is 0. The first kappa shape index (κ1) is 16.4. The van der Waals surface area contributed by atoms with Gasteiger partial charge in [-0.3, -0.25) is 4.79 Å². The van der Waals surface area contributed by atoms with E-state index in [9.17, 15) is 4.79 Å². The average Bonchev–Trinajstić information content (AvgIpc) is 2.31. The fourth-order valence-electron chi connectivity index (χ4n) is 1.81. The third-order valence-electron chi connectivity index (χ3n) is 2.98. The fraction of sp³-hybridized carbons (Fsp3) is 0.857. The lowest BCUT2D eigenvalue weighted by Gasteiger charge is -2.05. The zero-order valence-electron chi connectivity index (χ0n) is 11.2. The molecule has 0 aliphatic rings. The molecule has 0 heterocycles. The Morgan fingerprint density at radius 2 is 1.71 bits per heavy atom. The Kier molecular flexibility index (Phi) is 11.5. The van der Waals surface area contributed by atoms with Crippen LogP contribution >= 0.6 is 0 Å². The predicted molar refractivity (Wildman–Crippen MR) is 71.3 cm³/mol. The number of rotatable bonds is 12. The van der Waals surface area contributed by atoms with Gasteiger partial charge >= 0.3 is 0 Å². The van der Waals surface area contributed by atoms with Crippen molar-refractivity contribution in [3.8, 4) is 0 Å². The van der Waals surface area contributed by atoms with Gasteiger partial charge in [-0.05, 0) is 12.8 Å². The van der Waals surface area contributed by atoms with E-state index in [1.807, 2.05) is 0 Å². The lowest BCUT2D eigenvalue weighted by Crippen LogP contribution is -2.27. The number of nitrogens with two attached hydrogens (primary N) is 1. The standard InChI is InChI=1S/C14H28NO2/c1-2-3-4-5-6-7-8-9-10-11-12-13(16)14(15)17/h7,13,16H,2-6,8-12H2,1H3,(H2,15,17). The minimum atomic E-state index is -0.951. The first-order valence-corrected chi connectivity index (χ1v) is 6.97. The maximum atomic E-state index is 10.6. The molecule has 0 spiro atoms. The van der Waals surface area contributed by atoms with Crippen molar-refractivity contribution in [3.63, 3.8) is 0 Å². The third kappa shape index (κ3) is 11.7. The third-order valence-corrected chi connectivity index (χ3v) is 2.98. The molecule has 0 aliphatic carbocycles. The van der Waals surface area contributed by atoms with E-state index in [4.69, 9.17) is 10.8 Å². The summed E-state index contributed by atoms with van der Waals surface area (Å²) in [4.78, 5) is 10.6. The summed E-state index contributed by atoms with van der Waals surface area (Å²) in [5, 5.41) is 9.17. The van der Waals surface area contributed by atoms with Crippen molar-refractivity contribution in [2.75, 3.05) is 0 Å². The molecule has 1 amide bonds. The number of amides is 1. The zero-order valence-corrected chi connectivity index (χ0v) is 11.2. The number of primary amides is 1. The Morgan fingerprint density at radius 1 is 1.12 bits per heavy atom. The van der Waals surface area contributed by atoms with Gasteiger partial charge in [0, 0.05) is 0 Å². The molecule has 0 rings (SSSR count). The Hall–Kier alpha value is -0.570. The highest BCUT2D eigenvalue weighted by Crippen LogP contribution is 2.11. The number of unbranched alkanes of at least 4 members (excludes halogenated alkanes) is 9. The van der Waals surface area contributed by atoms with E-state index in [1.165, 1.54) is 32.1 Å². The van der Waals surface area contributed by atoms with Gasteiger partial charge in [0.05, 0.1) is 0 Å². The molecule has 17 heavy (non-hydrogen) atoms. The van der Waals surface area contributed by atoms with E-state index in [0.717, 1.165) is 25.7 Å². The van der Waals surface area contributed by atoms with E-state index >= 15 is 0 Å². The quantitative estimate of drug-likeness (QED) is 0.517. The van der Waals surface area contributed by atoms with Gasteiger partial charge in [-0.2, -0.15) is 0 Å². The van der Waals surface area contributed by atoms with Gasteiger partial charge in [0.25, 0.3) is 0 Å². The van der Waals surface area contributed by atoms with E-state index in [-0.39, 0.29) is 0 Å². The second kappa shape index (κ2) is 11.9. The van der Waals surface area contributed by atoms with Crippen molar-refractivity contribution in [2.45, 2.75) is 77.2 Å². The van der Waals surface area contributed by atoms with Gasteiger partial charge in [-0.1, -0.05) is 64.7 Å². The van der Waals surface area contributed by atoms with Crippen molar-refractivity contribution < 1.29 is 9.90 Å². The molecule has 1 unspecified atom stereocenters. The van der Waals surface area contributed by atoms with Crippen LogP contribution in [0.1, 0.15) is 71.1 Å². The van der Waals surface area contributed by atoms with E-state index in [2.05, 4.69) is 13.3 Å². The molecule has 0 aromatic carbocycles. The summed E-state index contributed by atoms with van der Waals surface area (Å²) in [6, 6.07) is 0. The Morgan fingerprint density at radius 3 is 2.24 bits per heavy atom. The first-order valence-electron chi connectivity index (χ1n) is 6.97. The van der Waals surface area contributed by atoms with Crippen molar-refractivity contribution in [1.29, 1.82) is 0 Å². The predicted octanol–water partition coefficient (Wildman–Crippen LogP) is 2.96. The molecule has 3 N–H and O–H groups in total. The van der Waals surface area contributed by atoms with Crippen LogP contribution < -0.4 is 5.73 Å². The second-order valence-electron chi connectivity index (χ2n) is 4.69. The number of hydrogen-bond donors (Lipinski definition) is 2. The minimum Gasteiger partial charge on any atom is -0.383 e. The molecule has 0 aromatic rings. The molecule has 0 aromatic heterocycles. The number of carbonyl (C=O) groups excluding carboxylic acids is 1. The number of hydrogen-bond acceptors (Lipinski definition) is 2. The number of aliphatic hydroxyl groups is 1.